The van der Waals surface area contributed by atoms with E-state index in [1.165, 1.54) is 0 Å². The Labute approximate surface area is 115 Å². The highest BCUT2D eigenvalue weighted by molar-refractivity contribution is 5.75. The average molecular weight is 265 g/mol. The minimum Gasteiger partial charge on any atom is -0.496 e. The van der Waals surface area contributed by atoms with Crippen molar-refractivity contribution < 1.29 is 14.3 Å². The van der Waals surface area contributed by atoms with Gasteiger partial charge >= 0.3 is 0 Å². The molecule has 0 spiro atoms. The molecule has 0 heterocycles. The lowest BCUT2D eigenvalue weighted by molar-refractivity contribution is -0.117. The van der Waals surface area contributed by atoms with E-state index in [2.05, 4.69) is 5.32 Å². The zero-order valence-corrected chi connectivity index (χ0v) is 12.4. The van der Waals surface area contributed by atoms with Gasteiger partial charge in [-0.05, 0) is 38.3 Å². The Morgan fingerprint density at radius 2 is 1.89 bits per heavy atom. The predicted octanol–water partition coefficient (Wildman–Crippen LogP) is 3.10. The fourth-order valence-electron chi connectivity index (χ4n) is 2.03. The van der Waals surface area contributed by atoms with E-state index in [1.54, 1.807) is 21.1 Å². The molecule has 0 unspecified atom stereocenters. The lowest BCUT2D eigenvalue weighted by Gasteiger charge is -2.17. The highest BCUT2D eigenvalue weighted by atomic mass is 16.5. The van der Waals surface area contributed by atoms with Crippen molar-refractivity contribution in [1.29, 1.82) is 0 Å². The van der Waals surface area contributed by atoms with Crippen molar-refractivity contribution in [1.82, 2.24) is 0 Å². The van der Waals surface area contributed by atoms with E-state index in [4.69, 9.17) is 9.47 Å². The summed E-state index contributed by atoms with van der Waals surface area (Å²) in [5.41, 5.74) is 3.05. The first-order valence-corrected chi connectivity index (χ1v) is 6.46. The summed E-state index contributed by atoms with van der Waals surface area (Å²) in [5.74, 6) is 1.89. The third-order valence-corrected chi connectivity index (χ3v) is 3.24. The van der Waals surface area contributed by atoms with Crippen LogP contribution in [0.4, 0.5) is 5.69 Å². The number of hydrogen-bond acceptors (Lipinski definition) is 4. The van der Waals surface area contributed by atoms with Crippen LogP contribution in [0.25, 0.3) is 0 Å². The first kappa shape index (κ1) is 15.3. The zero-order valence-electron chi connectivity index (χ0n) is 12.4. The molecule has 19 heavy (non-hydrogen) atoms. The van der Waals surface area contributed by atoms with Gasteiger partial charge in [0.2, 0.25) is 0 Å². The minimum absolute atomic E-state index is 0.214. The SMILES string of the molecule is COc1cc(NCCCC(C)=O)c(OC)c(C)c1C. The van der Waals surface area contributed by atoms with Crippen LogP contribution in [0.1, 0.15) is 30.9 Å². The van der Waals surface area contributed by atoms with Gasteiger partial charge in [0, 0.05) is 19.0 Å². The molecule has 4 nitrogen and oxygen atoms in total. The van der Waals surface area contributed by atoms with Crippen molar-refractivity contribution in [2.75, 3.05) is 26.1 Å². The smallest absolute Gasteiger partial charge is 0.145 e. The number of carbonyl (C=O) groups is 1. The molecular weight excluding hydrogens is 242 g/mol. The first-order valence-electron chi connectivity index (χ1n) is 6.46. The summed E-state index contributed by atoms with van der Waals surface area (Å²) in [6.07, 6.45) is 1.41. The Morgan fingerprint density at radius 3 is 2.42 bits per heavy atom. The van der Waals surface area contributed by atoms with E-state index in [-0.39, 0.29) is 5.78 Å². The molecule has 0 atom stereocenters. The number of methoxy groups -OCH3 is 2. The second-order valence-corrected chi connectivity index (χ2v) is 4.64. The maximum Gasteiger partial charge on any atom is 0.145 e. The number of anilines is 1. The van der Waals surface area contributed by atoms with Crippen LogP contribution < -0.4 is 14.8 Å². The normalized spacial score (nSPS) is 10.2. The Hall–Kier alpha value is -1.71. The number of Topliss-reactive ketones (excluding diaryl/α,β-unsaturated/α-hetero) is 1. The molecule has 1 aromatic carbocycles. The molecule has 0 bridgehead atoms. The number of nitrogens with one attached hydrogen (secondary N) is 1. The second kappa shape index (κ2) is 7.02. The summed E-state index contributed by atoms with van der Waals surface area (Å²) in [5, 5.41) is 3.31. The van der Waals surface area contributed by atoms with Gasteiger partial charge in [0.1, 0.15) is 17.3 Å². The molecular formula is C15H23NO3. The maximum atomic E-state index is 10.9. The summed E-state index contributed by atoms with van der Waals surface area (Å²) in [6, 6.07) is 1.94. The summed E-state index contributed by atoms with van der Waals surface area (Å²) < 4.78 is 10.8. The monoisotopic (exact) mass is 265 g/mol. The number of hydrogen-bond donors (Lipinski definition) is 1. The van der Waals surface area contributed by atoms with E-state index >= 15 is 0 Å². The van der Waals surface area contributed by atoms with Gasteiger partial charge < -0.3 is 19.6 Å². The van der Waals surface area contributed by atoms with E-state index in [9.17, 15) is 4.79 Å². The topological polar surface area (TPSA) is 47.6 Å². The molecule has 0 aliphatic carbocycles. The van der Waals surface area contributed by atoms with E-state index in [0.717, 1.165) is 41.3 Å². The molecule has 0 fully saturated rings. The van der Waals surface area contributed by atoms with Crippen molar-refractivity contribution >= 4 is 11.5 Å². The number of ketones is 1. The molecule has 0 aliphatic heterocycles. The van der Waals surface area contributed by atoms with Gasteiger partial charge in [0.25, 0.3) is 0 Å². The summed E-state index contributed by atoms with van der Waals surface area (Å²) in [6.45, 7) is 6.37. The Kier molecular flexibility index (Phi) is 5.67. The number of carbonyl (C=O) groups excluding carboxylic acids is 1. The van der Waals surface area contributed by atoms with Crippen LogP contribution in [0.15, 0.2) is 6.07 Å². The quantitative estimate of drug-likeness (QED) is 0.770. The van der Waals surface area contributed by atoms with Crippen molar-refractivity contribution in [3.8, 4) is 11.5 Å². The van der Waals surface area contributed by atoms with Crippen LogP contribution >= 0.6 is 0 Å². The third kappa shape index (κ3) is 3.88. The van der Waals surface area contributed by atoms with E-state index < -0.39 is 0 Å². The van der Waals surface area contributed by atoms with Crippen molar-refractivity contribution in [2.24, 2.45) is 0 Å². The van der Waals surface area contributed by atoms with Gasteiger partial charge in [-0.1, -0.05) is 0 Å². The molecule has 1 N–H and O–H groups in total. The van der Waals surface area contributed by atoms with Gasteiger partial charge in [0.05, 0.1) is 19.9 Å². The lowest BCUT2D eigenvalue weighted by Crippen LogP contribution is -2.07. The molecule has 1 aromatic rings. The fraction of sp³-hybridized carbons (Fsp3) is 0.533. The van der Waals surface area contributed by atoms with Crippen molar-refractivity contribution in [2.45, 2.75) is 33.6 Å². The second-order valence-electron chi connectivity index (χ2n) is 4.64. The Bertz CT molecular complexity index is 455. The molecule has 4 heteroatoms. The molecule has 0 saturated carbocycles. The molecule has 0 aromatic heterocycles. The Morgan fingerprint density at radius 1 is 1.21 bits per heavy atom. The van der Waals surface area contributed by atoms with Crippen molar-refractivity contribution in [3.05, 3.63) is 17.2 Å². The van der Waals surface area contributed by atoms with Crippen LogP contribution in [0.2, 0.25) is 0 Å². The number of ether oxygens (including phenoxy) is 2. The van der Waals surface area contributed by atoms with Crippen molar-refractivity contribution in [3.63, 3.8) is 0 Å². The highest BCUT2D eigenvalue weighted by Gasteiger charge is 2.13. The van der Waals surface area contributed by atoms with Crippen LogP contribution in [0.3, 0.4) is 0 Å². The standard InChI is InChI=1S/C15H23NO3/c1-10(17)7-6-8-16-13-9-14(18-4)11(2)12(3)15(13)19-5/h9,16H,6-8H2,1-5H3. The fourth-order valence-corrected chi connectivity index (χ4v) is 2.03. The molecule has 106 valence electrons. The molecule has 0 saturated heterocycles. The largest absolute Gasteiger partial charge is 0.496 e. The number of rotatable bonds is 7. The molecule has 0 amide bonds. The van der Waals surface area contributed by atoms with Crippen LogP contribution in [-0.2, 0) is 4.79 Å². The van der Waals surface area contributed by atoms with Gasteiger partial charge in [-0.3, -0.25) is 0 Å². The Balaban J connectivity index is 2.86. The van der Waals surface area contributed by atoms with Gasteiger partial charge in [0.15, 0.2) is 0 Å². The van der Waals surface area contributed by atoms with Gasteiger partial charge in [-0.15, -0.1) is 0 Å². The molecule has 0 aliphatic rings. The average Bonchev–Trinajstić information content (AvgIpc) is 2.38. The predicted molar refractivity (Wildman–Crippen MR) is 77.4 cm³/mol. The molecule has 1 rings (SSSR count). The van der Waals surface area contributed by atoms with Gasteiger partial charge in [-0.25, -0.2) is 0 Å². The summed E-state index contributed by atoms with van der Waals surface area (Å²) in [4.78, 5) is 10.9. The highest BCUT2D eigenvalue weighted by Crippen LogP contribution is 2.36. The summed E-state index contributed by atoms with van der Waals surface area (Å²) >= 11 is 0. The first-order chi connectivity index (χ1) is 9.01. The number of benzene rings is 1. The zero-order chi connectivity index (χ0) is 14.4. The van der Waals surface area contributed by atoms with Gasteiger partial charge in [-0.2, -0.15) is 0 Å². The summed E-state index contributed by atoms with van der Waals surface area (Å²) in [7, 11) is 3.32. The van der Waals surface area contributed by atoms with E-state index in [0.29, 0.717) is 6.42 Å². The minimum atomic E-state index is 0.214. The molecule has 0 radical (unpaired) electrons. The van der Waals surface area contributed by atoms with Crippen LogP contribution in [0, 0.1) is 13.8 Å². The lowest BCUT2D eigenvalue weighted by atomic mass is 10.1. The van der Waals surface area contributed by atoms with Crippen LogP contribution in [0.5, 0.6) is 11.5 Å². The van der Waals surface area contributed by atoms with Crippen LogP contribution in [-0.4, -0.2) is 26.5 Å². The maximum absolute atomic E-state index is 10.9. The third-order valence-electron chi connectivity index (χ3n) is 3.24. The van der Waals surface area contributed by atoms with E-state index in [1.807, 2.05) is 19.9 Å².